The van der Waals surface area contributed by atoms with Crippen molar-refractivity contribution in [2.75, 3.05) is 32.0 Å². The lowest BCUT2D eigenvalue weighted by Crippen LogP contribution is -2.55. The summed E-state index contributed by atoms with van der Waals surface area (Å²) in [5.74, 6) is 0.189. The molecule has 1 aromatic heterocycles. The van der Waals surface area contributed by atoms with Gasteiger partial charge in [0.25, 0.3) is 0 Å². The maximum absolute atomic E-state index is 14.1. The van der Waals surface area contributed by atoms with Crippen LogP contribution in [-0.4, -0.2) is 65.7 Å². The van der Waals surface area contributed by atoms with E-state index in [1.807, 2.05) is 11.8 Å². The highest BCUT2D eigenvalue weighted by molar-refractivity contribution is 6.04. The van der Waals surface area contributed by atoms with Crippen LogP contribution in [0.1, 0.15) is 18.2 Å². The van der Waals surface area contributed by atoms with Crippen molar-refractivity contribution < 1.29 is 14.0 Å². The highest BCUT2D eigenvalue weighted by atomic mass is 19.1. The molecule has 134 valence electrons. The van der Waals surface area contributed by atoms with Gasteiger partial charge < -0.3 is 15.1 Å². The minimum absolute atomic E-state index is 0.0372. The normalized spacial score (nSPS) is 18.1. The number of nitrogens with one attached hydrogen (secondary N) is 1. The van der Waals surface area contributed by atoms with Crippen LogP contribution in [0.3, 0.4) is 0 Å². The Labute approximate surface area is 146 Å². The number of halogens is 1. The predicted molar refractivity (Wildman–Crippen MR) is 94.0 cm³/mol. The van der Waals surface area contributed by atoms with E-state index in [-0.39, 0.29) is 23.5 Å². The summed E-state index contributed by atoms with van der Waals surface area (Å²) in [6.07, 6.45) is 1.79. The van der Waals surface area contributed by atoms with Crippen molar-refractivity contribution >= 4 is 24.0 Å². The molecule has 0 bridgehead atoms. The average molecular weight is 347 g/mol. The van der Waals surface area contributed by atoms with Crippen LogP contribution in [0.15, 0.2) is 23.7 Å². The Hall–Kier alpha value is -2.77. The average Bonchev–Trinajstić information content (AvgIpc) is 2.60. The summed E-state index contributed by atoms with van der Waals surface area (Å²) in [7, 11) is 1.60. The molecule has 1 saturated heterocycles. The highest BCUT2D eigenvalue weighted by Gasteiger charge is 2.29. The van der Waals surface area contributed by atoms with Gasteiger partial charge in [-0.25, -0.2) is 9.37 Å². The number of aryl methyl sites for hydroxylation is 1. The number of amidine groups is 1. The molecular weight excluding hydrogens is 325 g/mol. The molecule has 1 atom stereocenters. The van der Waals surface area contributed by atoms with Crippen LogP contribution in [0.25, 0.3) is 0 Å². The summed E-state index contributed by atoms with van der Waals surface area (Å²) in [6, 6.07) is 1.29. The third-order valence-corrected chi connectivity index (χ3v) is 4.19. The van der Waals surface area contributed by atoms with E-state index in [0.717, 1.165) is 0 Å². The van der Waals surface area contributed by atoms with Crippen molar-refractivity contribution in [2.45, 2.75) is 19.9 Å². The largest absolute Gasteiger partial charge is 0.350 e. The molecule has 8 heteroatoms. The van der Waals surface area contributed by atoms with E-state index in [4.69, 9.17) is 0 Å². The Balaban J connectivity index is 2.35. The number of aliphatic imine (C=N–C) groups is 1. The zero-order valence-corrected chi connectivity index (χ0v) is 14.6. The van der Waals surface area contributed by atoms with Crippen LogP contribution in [-0.2, 0) is 9.59 Å². The lowest BCUT2D eigenvalue weighted by Gasteiger charge is -2.41. The third-order valence-electron chi connectivity index (χ3n) is 4.19. The SMILES string of the molecule is C=CC(=O)N1CCN(C(=NC)c2cc(F)c(C)nc2NC=O)C(C)C1. The lowest BCUT2D eigenvalue weighted by atomic mass is 10.1. The van der Waals surface area contributed by atoms with Crippen LogP contribution in [0.2, 0.25) is 0 Å². The number of hydrogen-bond donors (Lipinski definition) is 1. The molecular formula is C17H22FN5O2. The number of rotatable bonds is 4. The number of pyridine rings is 1. The second kappa shape index (κ2) is 7.87. The quantitative estimate of drug-likeness (QED) is 0.384. The van der Waals surface area contributed by atoms with E-state index in [1.165, 1.54) is 19.1 Å². The van der Waals surface area contributed by atoms with Crippen LogP contribution in [0.4, 0.5) is 10.2 Å². The molecule has 0 radical (unpaired) electrons. The first kappa shape index (κ1) is 18.6. The maximum atomic E-state index is 14.1. The fraction of sp³-hybridized carbons (Fsp3) is 0.412. The molecule has 2 amide bonds. The molecule has 0 spiro atoms. The van der Waals surface area contributed by atoms with E-state index in [0.29, 0.717) is 37.4 Å². The van der Waals surface area contributed by atoms with Crippen molar-refractivity contribution in [3.05, 3.63) is 35.8 Å². The summed E-state index contributed by atoms with van der Waals surface area (Å²) in [5.41, 5.74) is 0.603. The number of anilines is 1. The van der Waals surface area contributed by atoms with Gasteiger partial charge in [-0.05, 0) is 26.0 Å². The summed E-state index contributed by atoms with van der Waals surface area (Å²) in [4.78, 5) is 34.8. The number of aromatic nitrogens is 1. The van der Waals surface area contributed by atoms with Crippen molar-refractivity contribution in [2.24, 2.45) is 4.99 Å². The topological polar surface area (TPSA) is 77.9 Å². The molecule has 1 aliphatic heterocycles. The van der Waals surface area contributed by atoms with E-state index >= 15 is 0 Å². The van der Waals surface area contributed by atoms with E-state index < -0.39 is 5.82 Å². The minimum Gasteiger partial charge on any atom is -0.350 e. The van der Waals surface area contributed by atoms with Crippen LogP contribution in [0, 0.1) is 12.7 Å². The van der Waals surface area contributed by atoms with Crippen LogP contribution in [0.5, 0.6) is 0 Å². The summed E-state index contributed by atoms with van der Waals surface area (Å²) < 4.78 is 14.1. The van der Waals surface area contributed by atoms with E-state index in [2.05, 4.69) is 21.9 Å². The second-order valence-electron chi connectivity index (χ2n) is 5.79. The first-order valence-electron chi connectivity index (χ1n) is 7.95. The van der Waals surface area contributed by atoms with Gasteiger partial charge in [0.05, 0.1) is 11.3 Å². The van der Waals surface area contributed by atoms with Gasteiger partial charge in [0.15, 0.2) is 0 Å². The van der Waals surface area contributed by atoms with Crippen molar-refractivity contribution in [3.63, 3.8) is 0 Å². The third kappa shape index (κ3) is 3.84. The molecule has 1 unspecified atom stereocenters. The monoisotopic (exact) mass is 347 g/mol. The number of carbonyl (C=O) groups is 2. The zero-order valence-electron chi connectivity index (χ0n) is 14.6. The number of carbonyl (C=O) groups excluding carboxylic acids is 2. The number of nitrogens with zero attached hydrogens (tertiary/aromatic N) is 4. The molecule has 1 fully saturated rings. The predicted octanol–water partition coefficient (Wildman–Crippen LogP) is 1.19. The minimum atomic E-state index is -0.472. The number of amides is 2. The molecule has 1 aromatic rings. The molecule has 1 N–H and O–H groups in total. The Morgan fingerprint density at radius 1 is 1.52 bits per heavy atom. The smallest absolute Gasteiger partial charge is 0.246 e. The van der Waals surface area contributed by atoms with Crippen LogP contribution >= 0.6 is 0 Å². The van der Waals surface area contributed by atoms with Crippen molar-refractivity contribution in [3.8, 4) is 0 Å². The molecule has 7 nitrogen and oxygen atoms in total. The fourth-order valence-corrected chi connectivity index (χ4v) is 2.92. The molecule has 0 aromatic carbocycles. The number of hydrogen-bond acceptors (Lipinski definition) is 4. The second-order valence-corrected chi connectivity index (χ2v) is 5.79. The Kier molecular flexibility index (Phi) is 5.84. The van der Waals surface area contributed by atoms with Crippen LogP contribution < -0.4 is 5.32 Å². The molecule has 0 saturated carbocycles. The molecule has 25 heavy (non-hydrogen) atoms. The van der Waals surface area contributed by atoms with Gasteiger partial charge in [-0.1, -0.05) is 6.58 Å². The number of piperazine rings is 1. The van der Waals surface area contributed by atoms with Gasteiger partial charge in [-0.2, -0.15) is 0 Å². The summed E-state index contributed by atoms with van der Waals surface area (Å²) in [5, 5.41) is 2.51. The van der Waals surface area contributed by atoms with Gasteiger partial charge >= 0.3 is 0 Å². The Bertz CT molecular complexity index is 719. The first-order valence-corrected chi connectivity index (χ1v) is 7.95. The summed E-state index contributed by atoms with van der Waals surface area (Å²) in [6.45, 7) is 8.53. The van der Waals surface area contributed by atoms with Gasteiger partial charge in [0.2, 0.25) is 12.3 Å². The standard InChI is InChI=1S/C17H22FN5O2/c1-5-15(25)22-6-7-23(11(2)9-22)17(19-4)13-8-14(18)12(3)21-16(13)20-10-24/h5,8,10-11H,1,6-7,9H2,2-4H3,(H,20,21,24). The highest BCUT2D eigenvalue weighted by Crippen LogP contribution is 2.22. The summed E-state index contributed by atoms with van der Waals surface area (Å²) >= 11 is 0. The molecule has 2 rings (SSSR count). The zero-order chi connectivity index (χ0) is 18.6. The fourth-order valence-electron chi connectivity index (χ4n) is 2.92. The molecule has 0 aliphatic carbocycles. The Morgan fingerprint density at radius 3 is 2.80 bits per heavy atom. The van der Waals surface area contributed by atoms with Gasteiger partial charge in [-0.15, -0.1) is 0 Å². The van der Waals surface area contributed by atoms with Crippen molar-refractivity contribution in [1.82, 2.24) is 14.8 Å². The first-order chi connectivity index (χ1) is 11.9. The Morgan fingerprint density at radius 2 is 2.24 bits per heavy atom. The van der Waals surface area contributed by atoms with Gasteiger partial charge in [-0.3, -0.25) is 14.6 Å². The van der Waals surface area contributed by atoms with Gasteiger partial charge in [0.1, 0.15) is 17.5 Å². The van der Waals surface area contributed by atoms with Gasteiger partial charge in [0, 0.05) is 32.7 Å². The van der Waals surface area contributed by atoms with E-state index in [9.17, 15) is 14.0 Å². The van der Waals surface area contributed by atoms with Crippen molar-refractivity contribution in [1.29, 1.82) is 0 Å². The molecule has 2 heterocycles. The van der Waals surface area contributed by atoms with E-state index in [1.54, 1.807) is 11.9 Å². The molecule has 1 aliphatic rings. The lowest BCUT2D eigenvalue weighted by molar-refractivity contribution is -0.128. The maximum Gasteiger partial charge on any atom is 0.246 e.